The van der Waals surface area contributed by atoms with Crippen molar-refractivity contribution in [1.29, 1.82) is 0 Å². The summed E-state index contributed by atoms with van der Waals surface area (Å²) in [7, 11) is 0. The lowest BCUT2D eigenvalue weighted by Gasteiger charge is -2.29. The first-order chi connectivity index (χ1) is 14.2. The van der Waals surface area contributed by atoms with Gasteiger partial charge in [-0.1, -0.05) is 48.4 Å². The molecule has 0 unspecified atom stereocenters. The molecule has 2 atom stereocenters. The van der Waals surface area contributed by atoms with Crippen LogP contribution in [0.1, 0.15) is 43.9 Å². The first-order valence-corrected chi connectivity index (χ1v) is 10.6. The molecule has 1 N–H and O–H groups in total. The van der Waals surface area contributed by atoms with E-state index in [0.717, 1.165) is 23.1 Å². The summed E-state index contributed by atoms with van der Waals surface area (Å²) >= 11 is 6.10. The molecule has 0 heterocycles. The van der Waals surface area contributed by atoms with Gasteiger partial charge < -0.3 is 15.0 Å². The molecular formula is C24H31ClN2O3. The second kappa shape index (κ2) is 11.0. The van der Waals surface area contributed by atoms with Crippen LogP contribution >= 0.6 is 11.6 Å². The molecule has 0 spiro atoms. The molecule has 2 aromatic rings. The van der Waals surface area contributed by atoms with Gasteiger partial charge in [0.15, 0.2) is 6.61 Å². The van der Waals surface area contributed by atoms with E-state index in [1.54, 1.807) is 19.1 Å². The molecule has 2 rings (SSSR count). The van der Waals surface area contributed by atoms with Crippen molar-refractivity contribution in [2.75, 3.05) is 6.61 Å². The van der Waals surface area contributed by atoms with Crippen LogP contribution in [0.5, 0.6) is 5.75 Å². The summed E-state index contributed by atoms with van der Waals surface area (Å²) in [6.07, 6.45) is 0.816. The molecule has 162 valence electrons. The Balaban J connectivity index is 2.18. The zero-order chi connectivity index (χ0) is 22.3. The maximum Gasteiger partial charge on any atom is 0.261 e. The summed E-state index contributed by atoms with van der Waals surface area (Å²) in [5, 5.41) is 3.54. The Bertz CT molecular complexity index is 885. The van der Waals surface area contributed by atoms with Crippen molar-refractivity contribution in [3.05, 3.63) is 64.2 Å². The zero-order valence-corrected chi connectivity index (χ0v) is 19.1. The molecule has 0 bridgehead atoms. The number of ether oxygens (including phenoxy) is 1. The lowest BCUT2D eigenvalue weighted by Crippen LogP contribution is -2.50. The van der Waals surface area contributed by atoms with Crippen LogP contribution in [-0.4, -0.2) is 35.4 Å². The van der Waals surface area contributed by atoms with E-state index >= 15 is 0 Å². The topological polar surface area (TPSA) is 58.6 Å². The first-order valence-electron chi connectivity index (χ1n) is 10.3. The predicted molar refractivity (Wildman–Crippen MR) is 121 cm³/mol. The van der Waals surface area contributed by atoms with E-state index in [4.69, 9.17) is 16.3 Å². The SMILES string of the molecule is CC[C@H](C)NC(=O)[C@@H](C)N(Cc1cccc(Cl)c1)C(=O)COc1ccc(C)cc1C. The summed E-state index contributed by atoms with van der Waals surface area (Å²) in [5.74, 6) is 0.210. The highest BCUT2D eigenvalue weighted by Crippen LogP contribution is 2.20. The molecule has 0 aliphatic rings. The highest BCUT2D eigenvalue weighted by Gasteiger charge is 2.27. The minimum absolute atomic E-state index is 0.0366. The van der Waals surface area contributed by atoms with Crippen LogP contribution in [0.2, 0.25) is 5.02 Å². The van der Waals surface area contributed by atoms with Gasteiger partial charge in [0.1, 0.15) is 11.8 Å². The van der Waals surface area contributed by atoms with Gasteiger partial charge in [0.2, 0.25) is 5.91 Å². The van der Waals surface area contributed by atoms with Gasteiger partial charge in [-0.25, -0.2) is 0 Å². The fourth-order valence-corrected chi connectivity index (χ4v) is 3.28. The Morgan fingerprint density at radius 1 is 1.13 bits per heavy atom. The van der Waals surface area contributed by atoms with Gasteiger partial charge in [-0.05, 0) is 63.4 Å². The molecule has 0 saturated heterocycles. The number of hydrogen-bond donors (Lipinski definition) is 1. The number of nitrogens with zero attached hydrogens (tertiary/aromatic N) is 1. The normalized spacial score (nSPS) is 12.7. The van der Waals surface area contributed by atoms with Gasteiger partial charge in [0, 0.05) is 17.6 Å². The average molecular weight is 431 g/mol. The van der Waals surface area contributed by atoms with Crippen molar-refractivity contribution in [1.82, 2.24) is 10.2 Å². The highest BCUT2D eigenvalue weighted by atomic mass is 35.5. The molecule has 5 nitrogen and oxygen atoms in total. The first kappa shape index (κ1) is 23.7. The van der Waals surface area contributed by atoms with Gasteiger partial charge in [-0.2, -0.15) is 0 Å². The summed E-state index contributed by atoms with van der Waals surface area (Å²) in [6.45, 7) is 9.75. The number of carbonyl (C=O) groups excluding carboxylic acids is 2. The van der Waals surface area contributed by atoms with Crippen LogP contribution in [0.3, 0.4) is 0 Å². The smallest absolute Gasteiger partial charge is 0.261 e. The van der Waals surface area contributed by atoms with Gasteiger partial charge in [0.25, 0.3) is 5.91 Å². The Kier molecular flexibility index (Phi) is 8.72. The second-order valence-electron chi connectivity index (χ2n) is 7.70. The zero-order valence-electron chi connectivity index (χ0n) is 18.4. The van der Waals surface area contributed by atoms with Crippen LogP contribution in [0.4, 0.5) is 0 Å². The van der Waals surface area contributed by atoms with Crippen molar-refractivity contribution in [3.63, 3.8) is 0 Å². The maximum atomic E-state index is 13.1. The van der Waals surface area contributed by atoms with E-state index in [2.05, 4.69) is 5.32 Å². The van der Waals surface area contributed by atoms with E-state index in [1.165, 1.54) is 4.90 Å². The third-order valence-electron chi connectivity index (χ3n) is 5.09. The largest absolute Gasteiger partial charge is 0.483 e. The number of nitrogens with one attached hydrogen (secondary N) is 1. The van der Waals surface area contributed by atoms with Gasteiger partial charge in [-0.15, -0.1) is 0 Å². The Hall–Kier alpha value is -2.53. The summed E-state index contributed by atoms with van der Waals surface area (Å²) in [4.78, 5) is 27.3. The van der Waals surface area contributed by atoms with Crippen LogP contribution in [-0.2, 0) is 16.1 Å². The maximum absolute atomic E-state index is 13.1. The van der Waals surface area contributed by atoms with Crippen LogP contribution in [0.15, 0.2) is 42.5 Å². The predicted octanol–water partition coefficient (Wildman–Crippen LogP) is 4.67. The third-order valence-corrected chi connectivity index (χ3v) is 5.33. The quantitative estimate of drug-likeness (QED) is 0.629. The van der Waals surface area contributed by atoms with Gasteiger partial charge in [0.05, 0.1) is 0 Å². The molecule has 0 aromatic heterocycles. The third kappa shape index (κ3) is 6.77. The minimum atomic E-state index is -0.645. The van der Waals surface area contributed by atoms with Crippen LogP contribution < -0.4 is 10.1 Å². The Morgan fingerprint density at radius 3 is 2.50 bits per heavy atom. The summed E-state index contributed by atoms with van der Waals surface area (Å²) in [6, 6.07) is 12.5. The minimum Gasteiger partial charge on any atom is -0.483 e. The van der Waals surface area contributed by atoms with E-state index in [-0.39, 0.29) is 31.0 Å². The van der Waals surface area contributed by atoms with E-state index in [1.807, 2.05) is 58.0 Å². The molecule has 2 aromatic carbocycles. The van der Waals surface area contributed by atoms with Crippen molar-refractivity contribution in [3.8, 4) is 5.75 Å². The number of halogens is 1. The number of hydrogen-bond acceptors (Lipinski definition) is 3. The van der Waals surface area contributed by atoms with Gasteiger partial charge in [-0.3, -0.25) is 9.59 Å². The lowest BCUT2D eigenvalue weighted by molar-refractivity contribution is -0.142. The summed E-state index contributed by atoms with van der Waals surface area (Å²) in [5.41, 5.74) is 2.95. The van der Waals surface area contributed by atoms with Crippen LogP contribution in [0, 0.1) is 13.8 Å². The average Bonchev–Trinajstić information content (AvgIpc) is 2.70. The van der Waals surface area contributed by atoms with Crippen molar-refractivity contribution < 1.29 is 14.3 Å². The van der Waals surface area contributed by atoms with E-state index in [0.29, 0.717) is 10.8 Å². The standard InChI is InChI=1S/C24H31ClN2O3/c1-6-18(4)26-24(29)19(5)27(14-20-8-7-9-21(25)13-20)23(28)15-30-22-11-10-16(2)12-17(22)3/h7-13,18-19H,6,14-15H2,1-5H3,(H,26,29)/t18-,19+/m0/s1. The Morgan fingerprint density at radius 2 is 1.87 bits per heavy atom. The molecule has 30 heavy (non-hydrogen) atoms. The summed E-state index contributed by atoms with van der Waals surface area (Å²) < 4.78 is 5.78. The van der Waals surface area contributed by atoms with E-state index in [9.17, 15) is 9.59 Å². The monoisotopic (exact) mass is 430 g/mol. The number of amides is 2. The van der Waals surface area contributed by atoms with Crippen molar-refractivity contribution in [2.45, 2.75) is 59.7 Å². The second-order valence-corrected chi connectivity index (χ2v) is 8.14. The van der Waals surface area contributed by atoms with Crippen LogP contribution in [0.25, 0.3) is 0 Å². The van der Waals surface area contributed by atoms with E-state index < -0.39 is 6.04 Å². The number of aryl methyl sites for hydroxylation is 2. The van der Waals surface area contributed by atoms with Crippen molar-refractivity contribution >= 4 is 23.4 Å². The molecular weight excluding hydrogens is 400 g/mol. The molecule has 0 radical (unpaired) electrons. The fourth-order valence-electron chi connectivity index (χ4n) is 3.06. The molecule has 0 fully saturated rings. The molecule has 2 amide bonds. The molecule has 0 aliphatic carbocycles. The number of rotatable bonds is 9. The molecule has 0 aliphatic heterocycles. The Labute approximate surface area is 184 Å². The number of carbonyl (C=O) groups is 2. The fraction of sp³-hybridized carbons (Fsp3) is 0.417. The highest BCUT2D eigenvalue weighted by molar-refractivity contribution is 6.30. The molecule has 6 heteroatoms. The van der Waals surface area contributed by atoms with Crippen molar-refractivity contribution in [2.24, 2.45) is 0 Å². The lowest BCUT2D eigenvalue weighted by atomic mass is 10.1. The molecule has 0 saturated carbocycles. The van der Waals surface area contributed by atoms with Gasteiger partial charge >= 0.3 is 0 Å². The number of benzene rings is 2.